The number of aromatic nitrogens is 2. The molecule has 1 aromatic rings. The van der Waals surface area contributed by atoms with Crippen molar-refractivity contribution in [1.29, 1.82) is 0 Å². The first-order valence-corrected chi connectivity index (χ1v) is 5.80. The Bertz CT molecular complexity index is 379. The van der Waals surface area contributed by atoms with Crippen molar-refractivity contribution in [3.05, 3.63) is 17.5 Å². The van der Waals surface area contributed by atoms with Gasteiger partial charge in [-0.3, -0.25) is 9.48 Å². The van der Waals surface area contributed by atoms with Gasteiger partial charge in [0, 0.05) is 12.5 Å². The minimum absolute atomic E-state index is 0.394. The van der Waals surface area contributed by atoms with Gasteiger partial charge in [-0.2, -0.15) is 5.10 Å². The smallest absolute Gasteiger partial charge is 0.266 e. The highest BCUT2D eigenvalue weighted by Crippen LogP contribution is 2.24. The second-order valence-electron chi connectivity index (χ2n) is 4.16. The van der Waals surface area contributed by atoms with Gasteiger partial charge in [0.25, 0.3) is 5.91 Å². The first-order valence-electron chi connectivity index (χ1n) is 5.80. The Balaban J connectivity index is 2.24. The molecule has 1 amide bonds. The Hall–Kier alpha value is -1.36. The summed E-state index contributed by atoms with van der Waals surface area (Å²) in [6.45, 7) is 4.69. The number of rotatable bonds is 3. The summed E-state index contributed by atoms with van der Waals surface area (Å²) in [7, 11) is 0. The number of primary amides is 1. The lowest BCUT2D eigenvalue weighted by Crippen LogP contribution is -2.26. The first-order chi connectivity index (χ1) is 7.72. The van der Waals surface area contributed by atoms with Crippen LogP contribution < -0.4 is 11.1 Å². The van der Waals surface area contributed by atoms with E-state index in [0.717, 1.165) is 31.6 Å². The number of piperidine rings is 1. The van der Waals surface area contributed by atoms with Gasteiger partial charge in [-0.05, 0) is 38.9 Å². The second kappa shape index (κ2) is 4.65. The summed E-state index contributed by atoms with van der Waals surface area (Å²) in [4.78, 5) is 11.2. The van der Waals surface area contributed by atoms with Gasteiger partial charge in [-0.25, -0.2) is 0 Å². The largest absolute Gasteiger partial charge is 0.364 e. The maximum atomic E-state index is 11.2. The van der Waals surface area contributed by atoms with E-state index in [1.807, 2.05) is 13.0 Å². The Morgan fingerprint density at radius 3 is 2.81 bits per heavy atom. The fraction of sp³-hybridized carbons (Fsp3) is 0.636. The molecule has 0 radical (unpaired) electrons. The molecule has 88 valence electrons. The quantitative estimate of drug-likeness (QED) is 0.780. The summed E-state index contributed by atoms with van der Waals surface area (Å²) in [6.07, 6.45) is 2.16. The Labute approximate surface area is 95.0 Å². The summed E-state index contributed by atoms with van der Waals surface area (Å²) in [5.41, 5.74) is 6.86. The number of nitrogens with one attached hydrogen (secondary N) is 1. The summed E-state index contributed by atoms with van der Waals surface area (Å²) in [6, 6.07) is 1.85. The molecule has 5 heteroatoms. The Morgan fingerprint density at radius 1 is 1.62 bits per heavy atom. The third-order valence-corrected chi connectivity index (χ3v) is 3.11. The number of hydrogen-bond acceptors (Lipinski definition) is 3. The molecular weight excluding hydrogens is 204 g/mol. The molecule has 0 saturated carbocycles. The van der Waals surface area contributed by atoms with E-state index in [4.69, 9.17) is 5.73 Å². The molecule has 1 aliphatic heterocycles. The van der Waals surface area contributed by atoms with E-state index >= 15 is 0 Å². The van der Waals surface area contributed by atoms with Gasteiger partial charge in [0.05, 0.1) is 5.69 Å². The van der Waals surface area contributed by atoms with E-state index in [2.05, 4.69) is 10.4 Å². The van der Waals surface area contributed by atoms with Crippen LogP contribution in [0.5, 0.6) is 0 Å². The van der Waals surface area contributed by atoms with Crippen molar-refractivity contribution < 1.29 is 4.79 Å². The van der Waals surface area contributed by atoms with Crippen LogP contribution in [0.4, 0.5) is 0 Å². The molecule has 1 aromatic heterocycles. The molecule has 1 aliphatic rings. The monoisotopic (exact) mass is 222 g/mol. The molecule has 0 aliphatic carbocycles. The third kappa shape index (κ3) is 2.09. The van der Waals surface area contributed by atoms with Crippen LogP contribution in [0.2, 0.25) is 0 Å². The van der Waals surface area contributed by atoms with Crippen molar-refractivity contribution >= 4 is 5.91 Å². The molecular formula is C11H18N4O. The van der Waals surface area contributed by atoms with Crippen LogP contribution >= 0.6 is 0 Å². The number of nitrogens with two attached hydrogens (primary N) is 1. The van der Waals surface area contributed by atoms with E-state index < -0.39 is 5.91 Å². The predicted molar refractivity (Wildman–Crippen MR) is 61.3 cm³/mol. The van der Waals surface area contributed by atoms with E-state index in [9.17, 15) is 4.79 Å². The maximum Gasteiger partial charge on any atom is 0.266 e. The van der Waals surface area contributed by atoms with Crippen LogP contribution in [0.25, 0.3) is 0 Å². The zero-order valence-corrected chi connectivity index (χ0v) is 9.57. The zero-order valence-electron chi connectivity index (χ0n) is 9.57. The fourth-order valence-corrected chi connectivity index (χ4v) is 2.19. The van der Waals surface area contributed by atoms with Crippen molar-refractivity contribution in [2.24, 2.45) is 5.73 Å². The van der Waals surface area contributed by atoms with E-state index in [1.165, 1.54) is 0 Å². The molecule has 2 rings (SSSR count). The van der Waals surface area contributed by atoms with Gasteiger partial charge in [0.15, 0.2) is 0 Å². The summed E-state index contributed by atoms with van der Waals surface area (Å²) in [5.74, 6) is 0.0710. The third-order valence-electron chi connectivity index (χ3n) is 3.11. The highest BCUT2D eigenvalue weighted by Gasteiger charge is 2.20. The molecule has 1 fully saturated rings. The van der Waals surface area contributed by atoms with Gasteiger partial charge in [-0.1, -0.05) is 0 Å². The zero-order chi connectivity index (χ0) is 11.5. The van der Waals surface area contributed by atoms with Crippen molar-refractivity contribution in [3.8, 4) is 0 Å². The lowest BCUT2D eigenvalue weighted by atomic mass is 9.94. The van der Waals surface area contributed by atoms with Gasteiger partial charge in [-0.15, -0.1) is 0 Å². The number of carbonyl (C=O) groups is 1. The number of amides is 1. The van der Waals surface area contributed by atoms with E-state index in [-0.39, 0.29) is 0 Å². The lowest BCUT2D eigenvalue weighted by molar-refractivity contribution is 0.0990. The van der Waals surface area contributed by atoms with Crippen LogP contribution in [0.15, 0.2) is 6.07 Å². The second-order valence-corrected chi connectivity index (χ2v) is 4.16. The average molecular weight is 222 g/mol. The Morgan fingerprint density at radius 2 is 2.31 bits per heavy atom. The maximum absolute atomic E-state index is 11.2. The van der Waals surface area contributed by atoms with Crippen molar-refractivity contribution in [3.63, 3.8) is 0 Å². The van der Waals surface area contributed by atoms with Crippen molar-refractivity contribution in [2.75, 3.05) is 13.1 Å². The molecule has 16 heavy (non-hydrogen) atoms. The van der Waals surface area contributed by atoms with Gasteiger partial charge < -0.3 is 11.1 Å². The minimum Gasteiger partial charge on any atom is -0.364 e. The average Bonchev–Trinajstić information content (AvgIpc) is 2.74. The summed E-state index contributed by atoms with van der Waals surface area (Å²) >= 11 is 0. The summed E-state index contributed by atoms with van der Waals surface area (Å²) in [5, 5.41) is 7.78. The highest BCUT2D eigenvalue weighted by molar-refractivity contribution is 5.91. The fourth-order valence-electron chi connectivity index (χ4n) is 2.19. The molecule has 0 spiro atoms. The number of hydrogen-bond donors (Lipinski definition) is 2. The number of carbonyl (C=O) groups excluding carboxylic acids is 1. The SMILES string of the molecule is CCn1nc(C2CCNCC2)cc1C(N)=O. The van der Waals surface area contributed by atoms with E-state index in [0.29, 0.717) is 18.2 Å². The van der Waals surface area contributed by atoms with Crippen molar-refractivity contribution in [1.82, 2.24) is 15.1 Å². The van der Waals surface area contributed by atoms with Gasteiger partial charge in [0.2, 0.25) is 0 Å². The normalized spacial score (nSPS) is 17.6. The number of aryl methyl sites for hydroxylation is 1. The molecule has 1 saturated heterocycles. The molecule has 5 nitrogen and oxygen atoms in total. The molecule has 3 N–H and O–H groups in total. The van der Waals surface area contributed by atoms with Crippen LogP contribution in [0, 0.1) is 0 Å². The molecule has 0 unspecified atom stereocenters. The summed E-state index contributed by atoms with van der Waals surface area (Å²) < 4.78 is 1.69. The highest BCUT2D eigenvalue weighted by atomic mass is 16.1. The van der Waals surface area contributed by atoms with Crippen LogP contribution in [-0.4, -0.2) is 28.8 Å². The molecule has 2 heterocycles. The molecule has 0 aromatic carbocycles. The molecule has 0 atom stereocenters. The minimum atomic E-state index is -0.394. The van der Waals surface area contributed by atoms with Crippen LogP contribution in [0.1, 0.15) is 41.9 Å². The lowest BCUT2D eigenvalue weighted by Gasteiger charge is -2.20. The van der Waals surface area contributed by atoms with Crippen molar-refractivity contribution in [2.45, 2.75) is 32.2 Å². The Kier molecular flexibility index (Phi) is 3.24. The van der Waals surface area contributed by atoms with E-state index in [1.54, 1.807) is 4.68 Å². The molecule has 0 bridgehead atoms. The van der Waals surface area contributed by atoms with Crippen LogP contribution in [-0.2, 0) is 6.54 Å². The first kappa shape index (κ1) is 11.1. The topological polar surface area (TPSA) is 72.9 Å². The predicted octanol–water partition coefficient (Wildman–Crippen LogP) is 0.469. The van der Waals surface area contributed by atoms with Crippen LogP contribution in [0.3, 0.4) is 0 Å². The standard InChI is InChI=1S/C11H18N4O/c1-2-15-10(11(12)16)7-9(14-15)8-3-5-13-6-4-8/h7-8,13H,2-6H2,1H3,(H2,12,16). The van der Waals surface area contributed by atoms with Gasteiger partial charge >= 0.3 is 0 Å². The van der Waals surface area contributed by atoms with Gasteiger partial charge in [0.1, 0.15) is 5.69 Å². The number of nitrogens with zero attached hydrogens (tertiary/aromatic N) is 2.